The second kappa shape index (κ2) is 6.15. The van der Waals surface area contributed by atoms with Crippen LogP contribution in [0.1, 0.15) is 33.1 Å². The Labute approximate surface area is 107 Å². The van der Waals surface area contributed by atoms with E-state index in [1.807, 2.05) is 13.8 Å². The largest absolute Gasteiger partial charge is 0.480 e. The number of aliphatic carboxylic acids is 1. The molecule has 1 fully saturated rings. The van der Waals surface area contributed by atoms with Crippen molar-refractivity contribution in [2.45, 2.75) is 44.7 Å². The normalized spacial score (nSPS) is 20.4. The van der Waals surface area contributed by atoms with E-state index in [1.165, 1.54) is 0 Å². The minimum atomic E-state index is -1.22. The van der Waals surface area contributed by atoms with Crippen LogP contribution in [0, 0.1) is 5.92 Å². The van der Waals surface area contributed by atoms with Gasteiger partial charge in [0.2, 0.25) is 5.91 Å². The van der Waals surface area contributed by atoms with E-state index < -0.39 is 23.5 Å². The van der Waals surface area contributed by atoms with Crippen molar-refractivity contribution in [3.63, 3.8) is 0 Å². The van der Waals surface area contributed by atoms with E-state index in [0.717, 1.165) is 0 Å². The first-order chi connectivity index (χ1) is 8.37. The summed E-state index contributed by atoms with van der Waals surface area (Å²) >= 11 is 0. The van der Waals surface area contributed by atoms with Crippen LogP contribution in [0.15, 0.2) is 0 Å². The van der Waals surface area contributed by atoms with E-state index >= 15 is 0 Å². The Hall–Kier alpha value is -1.14. The summed E-state index contributed by atoms with van der Waals surface area (Å²) in [7, 11) is 0. The number of carboxylic acids is 1. The van der Waals surface area contributed by atoms with Gasteiger partial charge in [-0.2, -0.15) is 0 Å². The molecule has 1 atom stereocenters. The number of rotatable bonds is 5. The molecule has 0 aromatic heterocycles. The molecule has 0 aromatic carbocycles. The highest BCUT2D eigenvalue weighted by atomic mass is 16.5. The molecule has 1 aliphatic heterocycles. The van der Waals surface area contributed by atoms with Crippen LogP contribution in [-0.2, 0) is 14.3 Å². The third-order valence-corrected chi connectivity index (χ3v) is 3.18. The first-order valence-corrected chi connectivity index (χ1v) is 6.26. The lowest BCUT2D eigenvalue weighted by Gasteiger charge is -2.34. The summed E-state index contributed by atoms with van der Waals surface area (Å²) in [4.78, 5) is 23.3. The van der Waals surface area contributed by atoms with Crippen molar-refractivity contribution in [3.05, 3.63) is 0 Å². The first-order valence-electron chi connectivity index (χ1n) is 6.26. The molecular formula is C12H22N2O4. The van der Waals surface area contributed by atoms with Crippen LogP contribution in [0.4, 0.5) is 0 Å². The Kier molecular flexibility index (Phi) is 5.10. The van der Waals surface area contributed by atoms with E-state index in [1.54, 1.807) is 0 Å². The molecular weight excluding hydrogens is 236 g/mol. The zero-order valence-electron chi connectivity index (χ0n) is 10.9. The van der Waals surface area contributed by atoms with Crippen LogP contribution in [0.3, 0.4) is 0 Å². The Bertz CT molecular complexity index is 311. The fraction of sp³-hybridized carbons (Fsp3) is 0.833. The van der Waals surface area contributed by atoms with Crippen LogP contribution in [0.2, 0.25) is 0 Å². The predicted octanol–water partition coefficient (Wildman–Crippen LogP) is 0.110. The van der Waals surface area contributed by atoms with Crippen molar-refractivity contribution < 1.29 is 19.4 Å². The van der Waals surface area contributed by atoms with E-state index in [0.29, 0.717) is 25.6 Å². The molecule has 1 aliphatic rings. The highest BCUT2D eigenvalue weighted by Gasteiger charge is 2.42. The second-order valence-electron chi connectivity index (χ2n) is 5.22. The van der Waals surface area contributed by atoms with Crippen molar-refractivity contribution in [3.8, 4) is 0 Å². The molecule has 104 valence electrons. The molecule has 1 heterocycles. The number of hydrogen-bond donors (Lipinski definition) is 3. The summed E-state index contributed by atoms with van der Waals surface area (Å²) in [5.41, 5.74) is 4.54. The highest BCUT2D eigenvalue weighted by molar-refractivity contribution is 5.89. The van der Waals surface area contributed by atoms with Gasteiger partial charge in [-0.1, -0.05) is 13.8 Å². The number of nitrogens with two attached hydrogens (primary N) is 1. The van der Waals surface area contributed by atoms with Crippen molar-refractivity contribution >= 4 is 11.9 Å². The third kappa shape index (κ3) is 3.68. The quantitative estimate of drug-likeness (QED) is 0.649. The van der Waals surface area contributed by atoms with Gasteiger partial charge in [-0.15, -0.1) is 0 Å². The van der Waals surface area contributed by atoms with Gasteiger partial charge in [0.25, 0.3) is 0 Å². The second-order valence-corrected chi connectivity index (χ2v) is 5.22. The maximum Gasteiger partial charge on any atom is 0.329 e. The van der Waals surface area contributed by atoms with Gasteiger partial charge in [0.1, 0.15) is 5.54 Å². The van der Waals surface area contributed by atoms with Crippen molar-refractivity contribution in [2.24, 2.45) is 11.7 Å². The Balaban J connectivity index is 2.66. The Morgan fingerprint density at radius 2 is 1.94 bits per heavy atom. The van der Waals surface area contributed by atoms with E-state index in [9.17, 15) is 14.7 Å². The van der Waals surface area contributed by atoms with Gasteiger partial charge in [0, 0.05) is 26.1 Å². The lowest BCUT2D eigenvalue weighted by Crippen LogP contribution is -2.60. The van der Waals surface area contributed by atoms with Crippen LogP contribution in [-0.4, -0.2) is 41.8 Å². The van der Waals surface area contributed by atoms with Crippen molar-refractivity contribution in [1.82, 2.24) is 5.32 Å². The molecule has 1 saturated heterocycles. The molecule has 18 heavy (non-hydrogen) atoms. The van der Waals surface area contributed by atoms with Crippen LogP contribution in [0.5, 0.6) is 0 Å². The zero-order chi connectivity index (χ0) is 13.8. The number of hydrogen-bond acceptors (Lipinski definition) is 4. The molecule has 6 heteroatoms. The zero-order valence-corrected chi connectivity index (χ0v) is 10.9. The summed E-state index contributed by atoms with van der Waals surface area (Å²) < 4.78 is 5.14. The van der Waals surface area contributed by atoms with Crippen LogP contribution >= 0.6 is 0 Å². The SMILES string of the molecule is CC(C)C[C@H](N)C(=O)NC1(C(=O)O)CCOCC1. The van der Waals surface area contributed by atoms with Gasteiger partial charge in [0.05, 0.1) is 6.04 Å². The highest BCUT2D eigenvalue weighted by Crippen LogP contribution is 2.21. The summed E-state index contributed by atoms with van der Waals surface area (Å²) in [6.07, 6.45) is 1.10. The smallest absolute Gasteiger partial charge is 0.329 e. The van der Waals surface area contributed by atoms with Gasteiger partial charge in [0.15, 0.2) is 0 Å². The maximum absolute atomic E-state index is 11.9. The lowest BCUT2D eigenvalue weighted by atomic mass is 9.89. The van der Waals surface area contributed by atoms with Gasteiger partial charge in [-0.25, -0.2) is 4.79 Å². The molecule has 0 saturated carbocycles. The average molecular weight is 258 g/mol. The molecule has 0 aliphatic carbocycles. The predicted molar refractivity (Wildman–Crippen MR) is 66.0 cm³/mol. The molecule has 0 bridgehead atoms. The van der Waals surface area contributed by atoms with Gasteiger partial charge >= 0.3 is 5.97 Å². The van der Waals surface area contributed by atoms with Gasteiger partial charge in [-0.05, 0) is 12.3 Å². The van der Waals surface area contributed by atoms with E-state index in [2.05, 4.69) is 5.32 Å². The van der Waals surface area contributed by atoms with Gasteiger partial charge < -0.3 is 20.9 Å². The fourth-order valence-electron chi connectivity index (χ4n) is 2.06. The molecule has 1 rings (SSSR count). The van der Waals surface area contributed by atoms with Crippen molar-refractivity contribution in [1.29, 1.82) is 0 Å². The summed E-state index contributed by atoms with van der Waals surface area (Å²) in [5, 5.41) is 11.9. The number of nitrogens with one attached hydrogen (secondary N) is 1. The van der Waals surface area contributed by atoms with E-state index in [-0.39, 0.29) is 12.8 Å². The standard InChI is InChI=1S/C12H22N2O4/c1-8(2)7-9(13)10(15)14-12(11(16)17)3-5-18-6-4-12/h8-9H,3-7,13H2,1-2H3,(H,14,15)(H,16,17)/t9-/m0/s1. The monoisotopic (exact) mass is 258 g/mol. The summed E-state index contributed by atoms with van der Waals surface area (Å²) in [5.74, 6) is -1.12. The van der Waals surface area contributed by atoms with Crippen LogP contribution in [0.25, 0.3) is 0 Å². The Morgan fingerprint density at radius 1 is 1.39 bits per heavy atom. The number of amides is 1. The number of carbonyl (C=O) groups is 2. The summed E-state index contributed by atoms with van der Waals surface area (Å²) in [6.45, 7) is 4.61. The topological polar surface area (TPSA) is 102 Å². The minimum Gasteiger partial charge on any atom is -0.480 e. The third-order valence-electron chi connectivity index (χ3n) is 3.18. The average Bonchev–Trinajstić information content (AvgIpc) is 2.29. The number of ether oxygens (including phenoxy) is 1. The number of carboxylic acid groups (broad SMARTS) is 1. The Morgan fingerprint density at radius 3 is 2.39 bits per heavy atom. The first kappa shape index (κ1) is 14.9. The van der Waals surface area contributed by atoms with Gasteiger partial charge in [-0.3, -0.25) is 4.79 Å². The van der Waals surface area contributed by atoms with Crippen molar-refractivity contribution in [2.75, 3.05) is 13.2 Å². The molecule has 4 N–H and O–H groups in total. The molecule has 1 amide bonds. The molecule has 0 unspecified atom stereocenters. The molecule has 0 spiro atoms. The molecule has 0 radical (unpaired) electrons. The van der Waals surface area contributed by atoms with E-state index in [4.69, 9.17) is 10.5 Å². The summed E-state index contributed by atoms with van der Waals surface area (Å²) in [6, 6.07) is -0.663. The fourth-order valence-corrected chi connectivity index (χ4v) is 2.06. The maximum atomic E-state index is 11.9. The lowest BCUT2D eigenvalue weighted by molar-refractivity contribution is -0.152. The molecule has 6 nitrogen and oxygen atoms in total. The van der Waals surface area contributed by atoms with Crippen LogP contribution < -0.4 is 11.1 Å². The number of carbonyl (C=O) groups excluding carboxylic acids is 1. The minimum absolute atomic E-state index is 0.280. The molecule has 0 aromatic rings.